The molecule has 1 heterocycles. The number of halogens is 1. The summed E-state index contributed by atoms with van der Waals surface area (Å²) in [5, 5.41) is 5.81. The molecule has 9 heteroatoms. The average Bonchev–Trinajstić information content (AvgIpc) is 3.13. The van der Waals surface area contributed by atoms with Gasteiger partial charge in [-0.15, -0.1) is 0 Å². The Morgan fingerprint density at radius 1 is 1.03 bits per heavy atom. The van der Waals surface area contributed by atoms with Crippen LogP contribution in [0.3, 0.4) is 0 Å². The molecule has 1 atom stereocenters. The quantitative estimate of drug-likeness (QED) is 0.613. The van der Waals surface area contributed by atoms with Gasteiger partial charge >= 0.3 is 0 Å². The number of amides is 4. The number of nitrogens with zero attached hydrogens (tertiary/aromatic N) is 1. The van der Waals surface area contributed by atoms with E-state index in [1.165, 1.54) is 0 Å². The molecule has 0 saturated carbocycles. The van der Waals surface area contributed by atoms with Crippen LogP contribution in [0.4, 0.5) is 5.69 Å². The van der Waals surface area contributed by atoms with Gasteiger partial charge in [-0.25, -0.2) is 0 Å². The molecular weight excluding hydrogens is 408 g/mol. The van der Waals surface area contributed by atoms with Crippen LogP contribution in [0.1, 0.15) is 22.3 Å². The van der Waals surface area contributed by atoms with E-state index in [1.54, 1.807) is 53.4 Å². The van der Waals surface area contributed by atoms with Gasteiger partial charge in [0.15, 0.2) is 0 Å². The number of primary amides is 1. The van der Waals surface area contributed by atoms with Crippen molar-refractivity contribution in [1.82, 2.24) is 10.6 Å². The highest BCUT2D eigenvalue weighted by atomic mass is 35.5. The third kappa shape index (κ3) is 5.36. The molecule has 0 aliphatic carbocycles. The Morgan fingerprint density at radius 2 is 1.70 bits per heavy atom. The Bertz CT molecular complexity index is 960. The third-order valence-electron chi connectivity index (χ3n) is 4.74. The van der Waals surface area contributed by atoms with Crippen molar-refractivity contribution >= 4 is 40.9 Å². The minimum atomic E-state index is -0.622. The number of hydrogen-bond donors (Lipinski definition) is 3. The van der Waals surface area contributed by atoms with Crippen LogP contribution in [-0.2, 0) is 20.9 Å². The Labute approximate surface area is 178 Å². The first-order chi connectivity index (χ1) is 14.3. The monoisotopic (exact) mass is 428 g/mol. The van der Waals surface area contributed by atoms with E-state index in [0.29, 0.717) is 22.8 Å². The maximum atomic E-state index is 12.5. The number of carbonyl (C=O) groups is 4. The molecule has 1 unspecified atom stereocenters. The van der Waals surface area contributed by atoms with E-state index in [0.717, 1.165) is 5.56 Å². The lowest BCUT2D eigenvalue weighted by molar-refractivity contribution is -0.126. The second-order valence-corrected chi connectivity index (χ2v) is 7.38. The molecule has 1 fully saturated rings. The molecule has 2 aromatic carbocycles. The summed E-state index contributed by atoms with van der Waals surface area (Å²) in [6.07, 6.45) is 0.146. The molecule has 30 heavy (non-hydrogen) atoms. The predicted molar refractivity (Wildman–Crippen MR) is 112 cm³/mol. The zero-order valence-corrected chi connectivity index (χ0v) is 16.8. The van der Waals surface area contributed by atoms with Gasteiger partial charge in [-0.3, -0.25) is 19.2 Å². The number of benzene rings is 2. The molecule has 1 aliphatic rings. The summed E-state index contributed by atoms with van der Waals surface area (Å²) in [7, 11) is 0. The second-order valence-electron chi connectivity index (χ2n) is 6.95. The maximum Gasteiger partial charge on any atom is 0.251 e. The van der Waals surface area contributed by atoms with Gasteiger partial charge in [-0.1, -0.05) is 23.7 Å². The van der Waals surface area contributed by atoms with Crippen molar-refractivity contribution < 1.29 is 19.2 Å². The SMILES string of the molecule is NC(=O)CNC(=O)c1ccc(CNC(=O)C2CC(=O)N(c3ccc(Cl)cc3)C2)cc1. The Kier molecular flexibility index (Phi) is 6.68. The Morgan fingerprint density at radius 3 is 2.33 bits per heavy atom. The highest BCUT2D eigenvalue weighted by molar-refractivity contribution is 6.30. The van der Waals surface area contributed by atoms with Gasteiger partial charge in [-0.05, 0) is 42.0 Å². The molecule has 4 amide bonds. The van der Waals surface area contributed by atoms with E-state index in [2.05, 4.69) is 10.6 Å². The molecule has 2 aromatic rings. The molecule has 0 aromatic heterocycles. The van der Waals surface area contributed by atoms with Gasteiger partial charge in [0.05, 0.1) is 12.5 Å². The molecule has 0 radical (unpaired) electrons. The summed E-state index contributed by atoms with van der Waals surface area (Å²) in [5.41, 5.74) is 6.89. The summed E-state index contributed by atoms with van der Waals surface area (Å²) in [5.74, 6) is -1.78. The summed E-state index contributed by atoms with van der Waals surface area (Å²) < 4.78 is 0. The van der Waals surface area contributed by atoms with Gasteiger partial charge in [-0.2, -0.15) is 0 Å². The lowest BCUT2D eigenvalue weighted by atomic mass is 10.1. The molecule has 0 bridgehead atoms. The summed E-state index contributed by atoms with van der Waals surface area (Å²) in [6.45, 7) is 0.350. The fourth-order valence-corrected chi connectivity index (χ4v) is 3.26. The van der Waals surface area contributed by atoms with Crippen LogP contribution in [0.2, 0.25) is 5.02 Å². The van der Waals surface area contributed by atoms with Gasteiger partial charge in [0.25, 0.3) is 5.91 Å². The van der Waals surface area contributed by atoms with E-state index in [1.807, 2.05) is 0 Å². The maximum absolute atomic E-state index is 12.5. The smallest absolute Gasteiger partial charge is 0.251 e. The van der Waals surface area contributed by atoms with Crippen molar-refractivity contribution in [1.29, 1.82) is 0 Å². The third-order valence-corrected chi connectivity index (χ3v) is 4.99. The van der Waals surface area contributed by atoms with E-state index in [4.69, 9.17) is 17.3 Å². The lowest BCUT2D eigenvalue weighted by Gasteiger charge is -2.16. The van der Waals surface area contributed by atoms with E-state index < -0.39 is 17.7 Å². The van der Waals surface area contributed by atoms with Gasteiger partial charge in [0.1, 0.15) is 0 Å². The van der Waals surface area contributed by atoms with Crippen LogP contribution in [0.15, 0.2) is 48.5 Å². The van der Waals surface area contributed by atoms with Gasteiger partial charge < -0.3 is 21.3 Å². The number of nitrogens with one attached hydrogen (secondary N) is 2. The van der Waals surface area contributed by atoms with Crippen LogP contribution < -0.4 is 21.3 Å². The molecule has 0 spiro atoms. The minimum Gasteiger partial charge on any atom is -0.368 e. The van der Waals surface area contributed by atoms with Crippen LogP contribution in [0.5, 0.6) is 0 Å². The standard InChI is InChI=1S/C21H21ClN4O4/c22-16-5-7-17(8-6-16)26-12-15(9-19(26)28)21(30)24-10-13-1-3-14(4-2-13)20(29)25-11-18(23)27/h1-8,15H,9-12H2,(H2,23,27)(H,24,30)(H,25,29). The number of anilines is 1. The van der Waals surface area contributed by atoms with Crippen molar-refractivity contribution in [2.24, 2.45) is 11.7 Å². The van der Waals surface area contributed by atoms with Crippen LogP contribution in [0, 0.1) is 5.92 Å². The fourth-order valence-electron chi connectivity index (χ4n) is 3.13. The number of hydrogen-bond acceptors (Lipinski definition) is 4. The van der Waals surface area contributed by atoms with E-state index >= 15 is 0 Å². The zero-order chi connectivity index (χ0) is 21.7. The van der Waals surface area contributed by atoms with Crippen LogP contribution in [0.25, 0.3) is 0 Å². The Balaban J connectivity index is 1.52. The molecule has 1 aliphatic heterocycles. The molecule has 156 valence electrons. The Hall–Kier alpha value is -3.39. The zero-order valence-electron chi connectivity index (χ0n) is 16.1. The van der Waals surface area contributed by atoms with Crippen LogP contribution in [-0.4, -0.2) is 36.7 Å². The second kappa shape index (κ2) is 9.41. The van der Waals surface area contributed by atoms with Crippen molar-refractivity contribution in [3.05, 3.63) is 64.7 Å². The van der Waals surface area contributed by atoms with E-state index in [-0.39, 0.29) is 31.3 Å². The lowest BCUT2D eigenvalue weighted by Crippen LogP contribution is -2.33. The highest BCUT2D eigenvalue weighted by Gasteiger charge is 2.34. The van der Waals surface area contributed by atoms with Crippen molar-refractivity contribution in [3.8, 4) is 0 Å². The van der Waals surface area contributed by atoms with Gasteiger partial charge in [0.2, 0.25) is 17.7 Å². The minimum absolute atomic E-state index is 0.108. The predicted octanol–water partition coefficient (Wildman–Crippen LogP) is 1.22. The molecule has 8 nitrogen and oxygen atoms in total. The topological polar surface area (TPSA) is 122 Å². The molecule has 1 saturated heterocycles. The number of rotatable bonds is 7. The average molecular weight is 429 g/mol. The van der Waals surface area contributed by atoms with Gasteiger partial charge in [0, 0.05) is 35.8 Å². The van der Waals surface area contributed by atoms with E-state index in [9.17, 15) is 19.2 Å². The molecule has 4 N–H and O–H groups in total. The first kappa shape index (κ1) is 21.3. The van der Waals surface area contributed by atoms with Crippen LogP contribution >= 0.6 is 11.6 Å². The van der Waals surface area contributed by atoms with Crippen molar-refractivity contribution in [3.63, 3.8) is 0 Å². The first-order valence-electron chi connectivity index (χ1n) is 9.32. The van der Waals surface area contributed by atoms with Crippen molar-refractivity contribution in [2.75, 3.05) is 18.0 Å². The summed E-state index contributed by atoms with van der Waals surface area (Å²) in [6, 6.07) is 13.5. The number of nitrogens with two attached hydrogens (primary N) is 1. The summed E-state index contributed by atoms with van der Waals surface area (Å²) >= 11 is 5.88. The molecular formula is C21H21ClN4O4. The largest absolute Gasteiger partial charge is 0.368 e. The molecule has 3 rings (SSSR count). The first-order valence-corrected chi connectivity index (χ1v) is 9.70. The summed E-state index contributed by atoms with van der Waals surface area (Å²) in [4.78, 5) is 49.0. The fraction of sp³-hybridized carbons (Fsp3) is 0.238. The normalized spacial score (nSPS) is 15.7. The number of carbonyl (C=O) groups excluding carboxylic acids is 4. The highest BCUT2D eigenvalue weighted by Crippen LogP contribution is 2.26. The van der Waals surface area contributed by atoms with Crippen molar-refractivity contribution in [2.45, 2.75) is 13.0 Å².